The van der Waals surface area contributed by atoms with Crippen molar-refractivity contribution < 1.29 is 14.0 Å². The van der Waals surface area contributed by atoms with E-state index in [0.29, 0.717) is 25.7 Å². The van der Waals surface area contributed by atoms with Gasteiger partial charge in [0.25, 0.3) is 0 Å². The molecule has 2 N–H and O–H groups in total. The summed E-state index contributed by atoms with van der Waals surface area (Å²) in [7, 11) is 0. The molecule has 0 bridgehead atoms. The lowest BCUT2D eigenvalue weighted by molar-refractivity contribution is -0.123. The largest absolute Gasteiger partial charge is 0.469 e. The van der Waals surface area contributed by atoms with E-state index in [1.165, 1.54) is 11.1 Å². The van der Waals surface area contributed by atoms with E-state index in [-0.39, 0.29) is 17.9 Å². The summed E-state index contributed by atoms with van der Waals surface area (Å²) in [6.45, 7) is 0. The van der Waals surface area contributed by atoms with E-state index in [4.69, 9.17) is 4.42 Å². The molecule has 30 heavy (non-hydrogen) atoms. The zero-order chi connectivity index (χ0) is 20.6. The Morgan fingerprint density at radius 1 is 1.03 bits per heavy atom. The summed E-state index contributed by atoms with van der Waals surface area (Å²) < 4.78 is 5.50. The van der Waals surface area contributed by atoms with Gasteiger partial charge in [0.05, 0.1) is 12.3 Å². The Hall–Kier alpha value is -3.34. The zero-order valence-electron chi connectivity index (χ0n) is 16.7. The van der Waals surface area contributed by atoms with Crippen molar-refractivity contribution in [1.82, 2.24) is 10.6 Å². The third-order valence-electron chi connectivity index (χ3n) is 6.30. The van der Waals surface area contributed by atoms with E-state index in [2.05, 4.69) is 34.9 Å². The molecule has 2 aliphatic rings. The third kappa shape index (κ3) is 3.41. The Labute approximate surface area is 175 Å². The topological polar surface area (TPSA) is 71.3 Å². The minimum absolute atomic E-state index is 0.00789. The van der Waals surface area contributed by atoms with E-state index < -0.39 is 5.54 Å². The minimum atomic E-state index is -0.419. The number of rotatable bonds is 6. The number of benzene rings is 2. The number of nitrogens with one attached hydrogen (secondary N) is 2. The van der Waals surface area contributed by atoms with Gasteiger partial charge in [0.1, 0.15) is 5.76 Å². The number of carbonyl (C=O) groups excluding carboxylic acids is 2. The first-order valence-corrected chi connectivity index (χ1v) is 10.4. The first kappa shape index (κ1) is 18.7. The van der Waals surface area contributed by atoms with Gasteiger partial charge in [-0.2, -0.15) is 0 Å². The number of fused-ring (bicyclic) bond motifs is 3. The summed E-state index contributed by atoms with van der Waals surface area (Å²) in [4.78, 5) is 24.9. The average Bonchev–Trinajstić information content (AvgIpc) is 3.47. The van der Waals surface area contributed by atoms with Crippen LogP contribution in [0.1, 0.15) is 48.6 Å². The van der Waals surface area contributed by atoms with Gasteiger partial charge in [-0.1, -0.05) is 48.5 Å². The molecule has 5 heteroatoms. The minimum Gasteiger partial charge on any atom is -0.469 e. The molecule has 1 aliphatic carbocycles. The highest BCUT2D eigenvalue weighted by Gasteiger charge is 2.39. The van der Waals surface area contributed by atoms with Gasteiger partial charge in [0.2, 0.25) is 11.8 Å². The first-order valence-electron chi connectivity index (χ1n) is 10.4. The second-order valence-corrected chi connectivity index (χ2v) is 8.26. The third-order valence-corrected chi connectivity index (χ3v) is 6.30. The van der Waals surface area contributed by atoms with Crippen molar-refractivity contribution in [3.8, 4) is 11.1 Å². The van der Waals surface area contributed by atoms with Crippen LogP contribution < -0.4 is 10.6 Å². The van der Waals surface area contributed by atoms with Crippen LogP contribution in [0.4, 0.5) is 0 Å². The Bertz CT molecular complexity index is 1040. The summed E-state index contributed by atoms with van der Waals surface area (Å²) in [5.41, 5.74) is 4.20. The molecule has 0 saturated carbocycles. The summed E-state index contributed by atoms with van der Waals surface area (Å²) >= 11 is 0. The van der Waals surface area contributed by atoms with Gasteiger partial charge >= 0.3 is 0 Å². The van der Waals surface area contributed by atoms with Crippen molar-refractivity contribution in [3.63, 3.8) is 0 Å². The van der Waals surface area contributed by atoms with E-state index in [0.717, 1.165) is 23.3 Å². The van der Waals surface area contributed by atoms with Crippen LogP contribution in [-0.4, -0.2) is 17.4 Å². The Kier molecular flexibility index (Phi) is 4.66. The highest BCUT2D eigenvalue weighted by molar-refractivity contribution is 5.84. The summed E-state index contributed by atoms with van der Waals surface area (Å²) in [5.74, 6) is 0.864. The predicted molar refractivity (Wildman–Crippen MR) is 114 cm³/mol. The second kappa shape index (κ2) is 7.48. The van der Waals surface area contributed by atoms with Crippen LogP contribution in [0.3, 0.4) is 0 Å². The van der Waals surface area contributed by atoms with Crippen LogP contribution in [0.5, 0.6) is 0 Å². The molecule has 3 aromatic rings. The fourth-order valence-corrected chi connectivity index (χ4v) is 4.83. The molecule has 5 nitrogen and oxygen atoms in total. The Morgan fingerprint density at radius 2 is 1.73 bits per heavy atom. The van der Waals surface area contributed by atoms with Crippen molar-refractivity contribution in [3.05, 3.63) is 83.8 Å². The molecule has 152 valence electrons. The average molecular weight is 400 g/mol. The Balaban J connectivity index is 1.31. The van der Waals surface area contributed by atoms with E-state index in [1.54, 1.807) is 6.26 Å². The van der Waals surface area contributed by atoms with Gasteiger partial charge in [-0.3, -0.25) is 9.59 Å². The maximum Gasteiger partial charge on any atom is 0.220 e. The van der Waals surface area contributed by atoms with Gasteiger partial charge < -0.3 is 15.1 Å². The molecule has 2 amide bonds. The van der Waals surface area contributed by atoms with Crippen molar-refractivity contribution in [2.24, 2.45) is 0 Å². The highest BCUT2D eigenvalue weighted by Crippen LogP contribution is 2.43. The lowest BCUT2D eigenvalue weighted by atomic mass is 9.87. The molecule has 1 aromatic heterocycles. The summed E-state index contributed by atoms with van der Waals surface area (Å²) in [6.07, 6.45) is 4.39. The maximum absolute atomic E-state index is 13.0. The molecule has 2 aromatic carbocycles. The van der Waals surface area contributed by atoms with Crippen LogP contribution in [0.15, 0.2) is 71.3 Å². The first-order chi connectivity index (χ1) is 14.6. The maximum atomic E-state index is 13.0. The van der Waals surface area contributed by atoms with Crippen molar-refractivity contribution in [1.29, 1.82) is 0 Å². The molecule has 1 fully saturated rings. The van der Waals surface area contributed by atoms with E-state index >= 15 is 0 Å². The molecule has 2 heterocycles. The molecule has 1 saturated heterocycles. The number of furan rings is 1. The zero-order valence-corrected chi connectivity index (χ0v) is 16.7. The SMILES string of the molecule is O=C(CCC1(Cc2ccco2)CCC(=O)N1)NC1c2ccccc2-c2ccccc21. The molecule has 1 aliphatic heterocycles. The molecular formula is C25H24N2O3. The van der Waals surface area contributed by atoms with E-state index in [1.807, 2.05) is 36.4 Å². The molecule has 5 rings (SSSR count). The normalized spacial score (nSPS) is 19.9. The van der Waals surface area contributed by atoms with Crippen LogP contribution in [0.2, 0.25) is 0 Å². The molecule has 0 radical (unpaired) electrons. The molecule has 0 spiro atoms. The standard InChI is InChI=1S/C25H24N2O3/c28-22(11-13-25(14-12-23(29)27-25)16-17-6-5-15-30-17)26-24-20-9-3-1-7-18(20)19-8-2-4-10-21(19)24/h1-10,15,24H,11-14,16H2,(H,26,28)(H,27,29). The van der Waals surface area contributed by atoms with Gasteiger partial charge in [-0.25, -0.2) is 0 Å². The van der Waals surface area contributed by atoms with Gasteiger partial charge in [0.15, 0.2) is 0 Å². The number of hydrogen-bond acceptors (Lipinski definition) is 3. The second-order valence-electron chi connectivity index (χ2n) is 8.26. The quantitative estimate of drug-likeness (QED) is 0.653. The fourth-order valence-electron chi connectivity index (χ4n) is 4.83. The lowest BCUT2D eigenvalue weighted by Gasteiger charge is -2.28. The van der Waals surface area contributed by atoms with Crippen LogP contribution >= 0.6 is 0 Å². The lowest BCUT2D eigenvalue weighted by Crippen LogP contribution is -2.44. The number of hydrogen-bond donors (Lipinski definition) is 2. The van der Waals surface area contributed by atoms with E-state index in [9.17, 15) is 9.59 Å². The fraction of sp³-hybridized carbons (Fsp3) is 0.280. The monoisotopic (exact) mass is 400 g/mol. The molecular weight excluding hydrogens is 376 g/mol. The summed E-state index contributed by atoms with van der Waals surface area (Å²) in [5, 5.41) is 6.33. The molecule has 1 atom stereocenters. The Morgan fingerprint density at radius 3 is 2.33 bits per heavy atom. The van der Waals surface area contributed by atoms with Crippen molar-refractivity contribution >= 4 is 11.8 Å². The number of carbonyl (C=O) groups is 2. The van der Waals surface area contributed by atoms with Crippen LogP contribution in [0, 0.1) is 0 Å². The van der Waals surface area contributed by atoms with Crippen LogP contribution in [-0.2, 0) is 16.0 Å². The van der Waals surface area contributed by atoms with Crippen LogP contribution in [0.25, 0.3) is 11.1 Å². The van der Waals surface area contributed by atoms with Gasteiger partial charge in [0, 0.05) is 24.8 Å². The predicted octanol–water partition coefficient (Wildman–Crippen LogP) is 4.14. The van der Waals surface area contributed by atoms with Crippen molar-refractivity contribution in [2.75, 3.05) is 0 Å². The van der Waals surface area contributed by atoms with Gasteiger partial charge in [-0.05, 0) is 47.2 Å². The number of amides is 2. The highest BCUT2D eigenvalue weighted by atomic mass is 16.3. The van der Waals surface area contributed by atoms with Crippen molar-refractivity contribution in [2.45, 2.75) is 43.7 Å². The summed E-state index contributed by atoms with van der Waals surface area (Å²) in [6, 6.07) is 20.1. The smallest absolute Gasteiger partial charge is 0.220 e. The molecule has 1 unspecified atom stereocenters. The van der Waals surface area contributed by atoms with Gasteiger partial charge in [-0.15, -0.1) is 0 Å².